The number of imidazole rings is 1. The van der Waals surface area contributed by atoms with Crippen LogP contribution in [0.5, 0.6) is 0 Å². The highest BCUT2D eigenvalue weighted by molar-refractivity contribution is 6.15. The minimum absolute atomic E-state index is 0.148. The molecule has 0 aliphatic rings. The van der Waals surface area contributed by atoms with E-state index < -0.39 is 12.1 Å². The Hall–Kier alpha value is -3.03. The fraction of sp³-hybridized carbons (Fsp3) is 0.214. The number of fused-ring (bicyclic) bond motifs is 1. The van der Waals surface area contributed by atoms with E-state index >= 15 is 0 Å². The topological polar surface area (TPSA) is 105 Å². The normalized spacial score (nSPS) is 11.1. The molecule has 3 N–H and O–H groups in total. The van der Waals surface area contributed by atoms with Crippen molar-refractivity contribution in [3.8, 4) is 0 Å². The van der Waals surface area contributed by atoms with Crippen LogP contribution in [0.25, 0.3) is 16.6 Å². The minimum Gasteiger partial charge on any atom is -0.462 e. The summed E-state index contributed by atoms with van der Waals surface area (Å²) in [7, 11) is 1.23. The third-order valence-electron chi connectivity index (χ3n) is 2.72. The van der Waals surface area contributed by atoms with Crippen LogP contribution >= 0.6 is 0 Å². The molecule has 2 aromatic rings. The second kappa shape index (κ2) is 7.11. The number of hydrogen-bond donors (Lipinski definition) is 3. The van der Waals surface area contributed by atoms with Gasteiger partial charge >= 0.3 is 12.1 Å². The van der Waals surface area contributed by atoms with Gasteiger partial charge in [-0.2, -0.15) is 0 Å². The predicted molar refractivity (Wildman–Crippen MR) is 79.4 cm³/mol. The average Bonchev–Trinajstić information content (AvgIpc) is 2.94. The standard InChI is InChI=1S/C14H16N4O4/c1-3-22-13(19)9(8-15-18-14(20)21-2)12-16-10-6-4-5-7-11(10)17-12/h4-8,15H,3H2,1-2H3,(H,16,17)(H,18,20). The van der Waals surface area contributed by atoms with Crippen LogP contribution in [0.15, 0.2) is 30.5 Å². The Bertz CT molecular complexity index is 675. The van der Waals surface area contributed by atoms with Crippen LogP contribution in [0.1, 0.15) is 12.7 Å². The van der Waals surface area contributed by atoms with Crippen molar-refractivity contribution in [3.63, 3.8) is 0 Å². The molecule has 1 heterocycles. The first-order valence-electron chi connectivity index (χ1n) is 6.57. The molecule has 8 nitrogen and oxygen atoms in total. The van der Waals surface area contributed by atoms with Crippen LogP contribution < -0.4 is 10.9 Å². The lowest BCUT2D eigenvalue weighted by molar-refractivity contribution is -0.136. The zero-order valence-electron chi connectivity index (χ0n) is 12.2. The summed E-state index contributed by atoms with van der Waals surface area (Å²) in [5, 5.41) is 0. The number of methoxy groups -OCH3 is 1. The van der Waals surface area contributed by atoms with E-state index in [2.05, 4.69) is 25.6 Å². The maximum atomic E-state index is 12.0. The molecular formula is C14H16N4O4. The molecule has 0 unspecified atom stereocenters. The molecule has 1 aromatic heterocycles. The van der Waals surface area contributed by atoms with E-state index in [1.165, 1.54) is 13.3 Å². The lowest BCUT2D eigenvalue weighted by Crippen LogP contribution is -2.34. The number of para-hydroxylation sites is 2. The van der Waals surface area contributed by atoms with Gasteiger partial charge in [-0.25, -0.2) is 20.0 Å². The van der Waals surface area contributed by atoms with E-state index in [4.69, 9.17) is 4.74 Å². The number of esters is 1. The third kappa shape index (κ3) is 3.54. The molecule has 116 valence electrons. The largest absolute Gasteiger partial charge is 0.462 e. The van der Waals surface area contributed by atoms with Crippen molar-refractivity contribution in [2.75, 3.05) is 13.7 Å². The number of H-pyrrole nitrogens is 1. The summed E-state index contributed by atoms with van der Waals surface area (Å²) in [6.45, 7) is 1.93. The summed E-state index contributed by atoms with van der Waals surface area (Å²) in [5.41, 5.74) is 6.35. The Morgan fingerprint density at radius 3 is 2.82 bits per heavy atom. The molecule has 0 spiro atoms. The van der Waals surface area contributed by atoms with Crippen LogP contribution in [0.2, 0.25) is 0 Å². The van der Waals surface area contributed by atoms with Crippen LogP contribution in [0, 0.1) is 0 Å². The maximum absolute atomic E-state index is 12.0. The van der Waals surface area contributed by atoms with Crippen molar-refractivity contribution < 1.29 is 19.1 Å². The van der Waals surface area contributed by atoms with Crippen LogP contribution in [-0.4, -0.2) is 35.7 Å². The predicted octanol–water partition coefficient (Wildman–Crippen LogP) is 1.33. The number of benzene rings is 1. The first-order chi connectivity index (χ1) is 10.7. The summed E-state index contributed by atoms with van der Waals surface area (Å²) >= 11 is 0. The Morgan fingerprint density at radius 1 is 1.36 bits per heavy atom. The Balaban J connectivity index is 2.28. The Kier molecular flexibility index (Phi) is 4.97. The summed E-state index contributed by atoms with van der Waals surface area (Å²) in [4.78, 5) is 30.4. The second-order valence-corrected chi connectivity index (χ2v) is 4.14. The summed E-state index contributed by atoms with van der Waals surface area (Å²) in [5.74, 6) is -0.237. The van der Waals surface area contributed by atoms with Gasteiger partial charge in [0.05, 0.1) is 24.8 Å². The van der Waals surface area contributed by atoms with Gasteiger partial charge < -0.3 is 19.9 Å². The monoisotopic (exact) mass is 304 g/mol. The van der Waals surface area contributed by atoms with Crippen LogP contribution in [-0.2, 0) is 14.3 Å². The highest BCUT2D eigenvalue weighted by Gasteiger charge is 2.17. The van der Waals surface area contributed by atoms with Crippen molar-refractivity contribution in [2.24, 2.45) is 0 Å². The SMILES string of the molecule is CCOC(=O)C(=CNNC(=O)OC)c1nc2ccccc2[nH]1. The number of nitrogens with zero attached hydrogens (tertiary/aromatic N) is 1. The number of hydrogen-bond acceptors (Lipinski definition) is 6. The molecule has 0 fully saturated rings. The van der Waals surface area contributed by atoms with E-state index in [9.17, 15) is 9.59 Å². The lowest BCUT2D eigenvalue weighted by atomic mass is 10.3. The molecule has 1 amide bonds. The number of aromatic nitrogens is 2. The summed E-state index contributed by atoms with van der Waals surface area (Å²) in [6.07, 6.45) is 0.594. The molecule has 22 heavy (non-hydrogen) atoms. The van der Waals surface area contributed by atoms with E-state index in [1.807, 2.05) is 24.3 Å². The number of rotatable bonds is 5. The van der Waals surface area contributed by atoms with Gasteiger partial charge in [0, 0.05) is 6.20 Å². The van der Waals surface area contributed by atoms with Gasteiger partial charge in [-0.05, 0) is 19.1 Å². The third-order valence-corrected chi connectivity index (χ3v) is 2.72. The highest BCUT2D eigenvalue weighted by Crippen LogP contribution is 2.17. The molecule has 2 rings (SSSR count). The van der Waals surface area contributed by atoms with Gasteiger partial charge in [0.15, 0.2) is 0 Å². The van der Waals surface area contributed by atoms with Gasteiger partial charge in [-0.1, -0.05) is 12.1 Å². The van der Waals surface area contributed by atoms with E-state index in [-0.39, 0.29) is 12.2 Å². The molecule has 0 saturated carbocycles. The van der Waals surface area contributed by atoms with E-state index in [1.54, 1.807) is 6.92 Å². The quantitative estimate of drug-likeness (QED) is 0.437. The number of carbonyl (C=O) groups is 2. The number of ether oxygens (including phenoxy) is 2. The van der Waals surface area contributed by atoms with Crippen molar-refractivity contribution in [1.82, 2.24) is 20.8 Å². The van der Waals surface area contributed by atoms with Gasteiger partial charge in [0.2, 0.25) is 0 Å². The zero-order chi connectivity index (χ0) is 15.9. The molecule has 8 heteroatoms. The van der Waals surface area contributed by atoms with E-state index in [0.29, 0.717) is 11.3 Å². The van der Waals surface area contributed by atoms with Gasteiger partial charge in [-0.15, -0.1) is 0 Å². The first kappa shape index (κ1) is 15.4. The number of amides is 1. The fourth-order valence-electron chi connectivity index (χ4n) is 1.73. The molecular weight excluding hydrogens is 288 g/mol. The maximum Gasteiger partial charge on any atom is 0.425 e. The number of hydrazine groups is 1. The van der Waals surface area contributed by atoms with Gasteiger partial charge in [0.25, 0.3) is 0 Å². The van der Waals surface area contributed by atoms with Crippen molar-refractivity contribution >= 4 is 28.7 Å². The summed E-state index contributed by atoms with van der Waals surface area (Å²) in [6, 6.07) is 7.36. The molecule has 0 radical (unpaired) electrons. The second-order valence-electron chi connectivity index (χ2n) is 4.14. The van der Waals surface area contributed by atoms with Gasteiger partial charge in [-0.3, -0.25) is 0 Å². The summed E-state index contributed by atoms with van der Waals surface area (Å²) < 4.78 is 9.40. The van der Waals surface area contributed by atoms with Crippen LogP contribution in [0.3, 0.4) is 0 Å². The Morgan fingerprint density at radius 2 is 2.14 bits per heavy atom. The molecule has 0 saturated heterocycles. The smallest absolute Gasteiger partial charge is 0.425 e. The molecule has 0 bridgehead atoms. The molecule has 1 aromatic carbocycles. The molecule has 0 atom stereocenters. The molecule has 0 aliphatic heterocycles. The van der Waals surface area contributed by atoms with Gasteiger partial charge in [0.1, 0.15) is 11.4 Å². The number of nitrogens with one attached hydrogen (secondary N) is 3. The molecule has 0 aliphatic carbocycles. The number of aromatic amines is 1. The minimum atomic E-state index is -0.691. The van der Waals surface area contributed by atoms with E-state index in [0.717, 1.165) is 5.52 Å². The fourth-order valence-corrected chi connectivity index (χ4v) is 1.73. The first-order valence-corrected chi connectivity index (χ1v) is 6.57. The average molecular weight is 304 g/mol. The number of carbonyl (C=O) groups excluding carboxylic acids is 2. The Labute approximate surface area is 126 Å². The lowest BCUT2D eigenvalue weighted by Gasteiger charge is -2.06. The zero-order valence-corrected chi connectivity index (χ0v) is 12.2. The van der Waals surface area contributed by atoms with Crippen LogP contribution in [0.4, 0.5) is 4.79 Å². The van der Waals surface area contributed by atoms with Crippen molar-refractivity contribution in [3.05, 3.63) is 36.3 Å². The van der Waals surface area contributed by atoms with Crippen molar-refractivity contribution in [2.45, 2.75) is 6.92 Å². The van der Waals surface area contributed by atoms with Crippen molar-refractivity contribution in [1.29, 1.82) is 0 Å². The highest BCUT2D eigenvalue weighted by atomic mass is 16.5.